The Balaban J connectivity index is 1.48. The van der Waals surface area contributed by atoms with Crippen LogP contribution < -0.4 is 10.6 Å². The maximum Gasteiger partial charge on any atom is 0.0600 e. The standard InChI is InChI=1S/C14H28N2O/c1-14(6-2-3-7-14)12-16-10-11-17-13-4-8-15-9-5-13/h13,15-16H,2-12H2,1H3. The molecule has 3 nitrogen and oxygen atoms in total. The fourth-order valence-electron chi connectivity index (χ4n) is 3.06. The van der Waals surface area contributed by atoms with Crippen molar-refractivity contribution in [2.75, 3.05) is 32.8 Å². The van der Waals surface area contributed by atoms with E-state index < -0.39 is 0 Å². The minimum absolute atomic E-state index is 0.500. The summed E-state index contributed by atoms with van der Waals surface area (Å²) >= 11 is 0. The van der Waals surface area contributed by atoms with Gasteiger partial charge in [-0.3, -0.25) is 0 Å². The molecule has 0 unspecified atom stereocenters. The number of hydrogen-bond donors (Lipinski definition) is 2. The van der Waals surface area contributed by atoms with Crippen LogP contribution in [0, 0.1) is 5.41 Å². The second kappa shape index (κ2) is 6.72. The molecule has 0 aromatic heterocycles. The number of rotatable bonds is 6. The summed E-state index contributed by atoms with van der Waals surface area (Å²) in [5, 5.41) is 6.93. The van der Waals surface area contributed by atoms with Crippen LogP contribution >= 0.6 is 0 Å². The summed E-state index contributed by atoms with van der Waals surface area (Å²) in [6, 6.07) is 0. The Morgan fingerprint density at radius 1 is 1.24 bits per heavy atom. The zero-order valence-electron chi connectivity index (χ0n) is 11.3. The Morgan fingerprint density at radius 2 is 1.94 bits per heavy atom. The van der Waals surface area contributed by atoms with Crippen molar-refractivity contribution in [1.29, 1.82) is 0 Å². The smallest absolute Gasteiger partial charge is 0.0600 e. The lowest BCUT2D eigenvalue weighted by Gasteiger charge is -2.25. The second-order valence-corrected chi connectivity index (χ2v) is 6.01. The molecule has 0 spiro atoms. The van der Waals surface area contributed by atoms with Gasteiger partial charge in [-0.1, -0.05) is 19.8 Å². The van der Waals surface area contributed by atoms with E-state index in [0.717, 1.165) is 26.2 Å². The summed E-state index contributed by atoms with van der Waals surface area (Å²) in [6.45, 7) is 7.72. The van der Waals surface area contributed by atoms with Crippen molar-refractivity contribution in [1.82, 2.24) is 10.6 Å². The normalized spacial score (nSPS) is 25.2. The van der Waals surface area contributed by atoms with Crippen molar-refractivity contribution in [2.24, 2.45) is 5.41 Å². The van der Waals surface area contributed by atoms with E-state index >= 15 is 0 Å². The second-order valence-electron chi connectivity index (χ2n) is 6.01. The quantitative estimate of drug-likeness (QED) is 0.696. The molecule has 1 aliphatic heterocycles. The molecule has 0 bridgehead atoms. The monoisotopic (exact) mass is 240 g/mol. The zero-order chi connectivity index (χ0) is 12.0. The predicted molar refractivity (Wildman–Crippen MR) is 71.3 cm³/mol. The van der Waals surface area contributed by atoms with Gasteiger partial charge in [0.05, 0.1) is 12.7 Å². The highest BCUT2D eigenvalue weighted by Crippen LogP contribution is 2.36. The van der Waals surface area contributed by atoms with E-state index in [4.69, 9.17) is 4.74 Å². The molecule has 2 rings (SSSR count). The Kier molecular flexibility index (Phi) is 5.26. The fraction of sp³-hybridized carbons (Fsp3) is 1.00. The van der Waals surface area contributed by atoms with Gasteiger partial charge >= 0.3 is 0 Å². The van der Waals surface area contributed by atoms with Crippen LogP contribution in [0.3, 0.4) is 0 Å². The van der Waals surface area contributed by atoms with E-state index in [1.54, 1.807) is 0 Å². The van der Waals surface area contributed by atoms with Crippen molar-refractivity contribution in [3.8, 4) is 0 Å². The van der Waals surface area contributed by atoms with Gasteiger partial charge in [0, 0.05) is 13.1 Å². The molecule has 2 aliphatic rings. The SMILES string of the molecule is CC1(CNCCOC2CCNCC2)CCCC1. The predicted octanol–water partition coefficient (Wildman–Crippen LogP) is 1.92. The van der Waals surface area contributed by atoms with Crippen molar-refractivity contribution in [3.05, 3.63) is 0 Å². The highest BCUT2D eigenvalue weighted by molar-refractivity contribution is 4.82. The average molecular weight is 240 g/mol. The maximum atomic E-state index is 5.88. The molecule has 100 valence electrons. The van der Waals surface area contributed by atoms with Crippen molar-refractivity contribution in [2.45, 2.75) is 51.6 Å². The van der Waals surface area contributed by atoms with Gasteiger partial charge in [-0.25, -0.2) is 0 Å². The van der Waals surface area contributed by atoms with Gasteiger partial charge in [0.15, 0.2) is 0 Å². The summed E-state index contributed by atoms with van der Waals surface area (Å²) in [5.41, 5.74) is 0.564. The van der Waals surface area contributed by atoms with E-state index in [2.05, 4.69) is 17.6 Å². The first-order valence-corrected chi connectivity index (χ1v) is 7.32. The molecule has 0 atom stereocenters. The van der Waals surface area contributed by atoms with Gasteiger partial charge in [0.25, 0.3) is 0 Å². The topological polar surface area (TPSA) is 33.3 Å². The molecule has 1 saturated heterocycles. The van der Waals surface area contributed by atoms with Crippen molar-refractivity contribution < 1.29 is 4.74 Å². The maximum absolute atomic E-state index is 5.88. The molecular weight excluding hydrogens is 212 g/mol. The van der Waals surface area contributed by atoms with E-state index in [9.17, 15) is 0 Å². The minimum Gasteiger partial charge on any atom is -0.377 e. The Labute approximate surface area is 106 Å². The number of hydrogen-bond acceptors (Lipinski definition) is 3. The summed E-state index contributed by atoms with van der Waals surface area (Å²) in [4.78, 5) is 0. The van der Waals surface area contributed by atoms with Crippen LogP contribution in [0.1, 0.15) is 45.4 Å². The lowest BCUT2D eigenvalue weighted by atomic mass is 9.89. The molecule has 0 radical (unpaired) electrons. The summed E-state index contributed by atoms with van der Waals surface area (Å²) < 4.78 is 5.88. The third-order valence-corrected chi connectivity index (χ3v) is 4.28. The van der Waals surface area contributed by atoms with Crippen LogP contribution in [-0.4, -0.2) is 38.9 Å². The molecule has 0 aromatic rings. The molecule has 0 aromatic carbocycles. The summed E-state index contributed by atoms with van der Waals surface area (Å²) in [7, 11) is 0. The van der Waals surface area contributed by atoms with Gasteiger partial charge in [-0.2, -0.15) is 0 Å². The van der Waals surface area contributed by atoms with Crippen LogP contribution in [0.25, 0.3) is 0 Å². The highest BCUT2D eigenvalue weighted by Gasteiger charge is 2.27. The highest BCUT2D eigenvalue weighted by atomic mass is 16.5. The van der Waals surface area contributed by atoms with Gasteiger partial charge in [0.2, 0.25) is 0 Å². The fourth-order valence-corrected chi connectivity index (χ4v) is 3.06. The first-order chi connectivity index (χ1) is 8.29. The van der Waals surface area contributed by atoms with Gasteiger partial charge < -0.3 is 15.4 Å². The largest absolute Gasteiger partial charge is 0.377 e. The molecule has 3 heteroatoms. The third-order valence-electron chi connectivity index (χ3n) is 4.28. The molecule has 0 amide bonds. The van der Waals surface area contributed by atoms with Crippen LogP contribution in [0.4, 0.5) is 0 Å². The van der Waals surface area contributed by atoms with Gasteiger partial charge in [-0.15, -0.1) is 0 Å². The Hall–Kier alpha value is -0.120. The first kappa shape index (κ1) is 13.3. The van der Waals surface area contributed by atoms with Crippen LogP contribution in [0.5, 0.6) is 0 Å². The Morgan fingerprint density at radius 3 is 2.65 bits per heavy atom. The van der Waals surface area contributed by atoms with Crippen molar-refractivity contribution >= 4 is 0 Å². The lowest BCUT2D eigenvalue weighted by Crippen LogP contribution is -2.35. The molecular formula is C14H28N2O. The van der Waals surface area contributed by atoms with Crippen LogP contribution in [0.2, 0.25) is 0 Å². The molecule has 2 N–H and O–H groups in total. The van der Waals surface area contributed by atoms with Crippen molar-refractivity contribution in [3.63, 3.8) is 0 Å². The van der Waals surface area contributed by atoms with Gasteiger partial charge in [-0.05, 0) is 44.2 Å². The average Bonchev–Trinajstić information content (AvgIpc) is 2.77. The first-order valence-electron chi connectivity index (χ1n) is 7.32. The van der Waals surface area contributed by atoms with E-state index in [1.807, 2.05) is 0 Å². The lowest BCUT2D eigenvalue weighted by molar-refractivity contribution is 0.0340. The third kappa shape index (κ3) is 4.57. The molecule has 1 heterocycles. The van der Waals surface area contributed by atoms with E-state index in [0.29, 0.717) is 11.5 Å². The summed E-state index contributed by atoms with van der Waals surface area (Å²) in [6.07, 6.45) is 8.49. The van der Waals surface area contributed by atoms with E-state index in [1.165, 1.54) is 45.1 Å². The van der Waals surface area contributed by atoms with Crippen LogP contribution in [-0.2, 0) is 4.74 Å². The number of nitrogens with one attached hydrogen (secondary N) is 2. The van der Waals surface area contributed by atoms with E-state index in [-0.39, 0.29) is 0 Å². The molecule has 1 aliphatic carbocycles. The molecule has 1 saturated carbocycles. The zero-order valence-corrected chi connectivity index (χ0v) is 11.3. The molecule has 17 heavy (non-hydrogen) atoms. The Bertz CT molecular complexity index is 208. The number of piperidine rings is 1. The van der Waals surface area contributed by atoms with Gasteiger partial charge in [0.1, 0.15) is 0 Å². The number of ether oxygens (including phenoxy) is 1. The minimum atomic E-state index is 0.500. The summed E-state index contributed by atoms with van der Waals surface area (Å²) in [5.74, 6) is 0. The molecule has 2 fully saturated rings. The van der Waals surface area contributed by atoms with Crippen LogP contribution in [0.15, 0.2) is 0 Å².